The van der Waals surface area contributed by atoms with Gasteiger partial charge >= 0.3 is 0 Å². The molecule has 1 fully saturated rings. The summed E-state index contributed by atoms with van der Waals surface area (Å²) in [7, 11) is 1.48. The number of nitrogens with one attached hydrogen (secondary N) is 2. The molecule has 1 saturated heterocycles. The fourth-order valence-corrected chi connectivity index (χ4v) is 2.75. The summed E-state index contributed by atoms with van der Waals surface area (Å²) in [5.74, 6) is 0.207. The Morgan fingerprint density at radius 2 is 1.81 bits per heavy atom. The van der Waals surface area contributed by atoms with E-state index in [0.717, 1.165) is 19.4 Å². The molecule has 2 aromatic carbocycles. The SMILES string of the molecule is COc1ccccc1C(=O)NNC(=O)c1ccc(OCC2CCCO2)cc1. The molecule has 0 bridgehead atoms. The third-order valence-electron chi connectivity index (χ3n) is 4.22. The Balaban J connectivity index is 1.51. The number of hydrogen-bond acceptors (Lipinski definition) is 5. The number of para-hydroxylation sites is 1. The Labute approximate surface area is 157 Å². The number of ether oxygens (including phenoxy) is 3. The number of amides is 2. The maximum absolute atomic E-state index is 12.2. The van der Waals surface area contributed by atoms with E-state index >= 15 is 0 Å². The number of methoxy groups -OCH3 is 1. The van der Waals surface area contributed by atoms with Crippen LogP contribution in [0.2, 0.25) is 0 Å². The van der Waals surface area contributed by atoms with E-state index in [1.165, 1.54) is 7.11 Å². The maximum atomic E-state index is 12.2. The van der Waals surface area contributed by atoms with E-state index in [4.69, 9.17) is 14.2 Å². The van der Waals surface area contributed by atoms with Crippen molar-refractivity contribution < 1.29 is 23.8 Å². The molecule has 1 unspecified atom stereocenters. The standard InChI is InChI=1S/C20H22N2O5/c1-25-18-7-3-2-6-17(18)20(24)22-21-19(23)14-8-10-15(11-9-14)27-13-16-5-4-12-26-16/h2-3,6-11,16H,4-5,12-13H2,1H3,(H,21,23)(H,22,24). The van der Waals surface area contributed by atoms with Crippen molar-refractivity contribution in [1.29, 1.82) is 0 Å². The predicted molar refractivity (Wildman–Crippen MR) is 98.8 cm³/mol. The maximum Gasteiger partial charge on any atom is 0.273 e. The lowest BCUT2D eigenvalue weighted by Gasteiger charge is -2.12. The van der Waals surface area contributed by atoms with Crippen LogP contribution >= 0.6 is 0 Å². The average molecular weight is 370 g/mol. The molecule has 0 saturated carbocycles. The first kappa shape index (κ1) is 18.7. The van der Waals surface area contributed by atoms with E-state index in [-0.39, 0.29) is 6.10 Å². The van der Waals surface area contributed by atoms with E-state index in [1.54, 1.807) is 48.5 Å². The van der Waals surface area contributed by atoms with Gasteiger partial charge in [-0.3, -0.25) is 20.4 Å². The highest BCUT2D eigenvalue weighted by Crippen LogP contribution is 2.17. The van der Waals surface area contributed by atoms with Gasteiger partial charge in [0.25, 0.3) is 11.8 Å². The van der Waals surface area contributed by atoms with Gasteiger partial charge in [-0.2, -0.15) is 0 Å². The van der Waals surface area contributed by atoms with Crippen molar-refractivity contribution in [3.8, 4) is 11.5 Å². The minimum absolute atomic E-state index is 0.137. The second-order valence-electron chi connectivity index (χ2n) is 6.08. The highest BCUT2D eigenvalue weighted by atomic mass is 16.5. The molecular weight excluding hydrogens is 348 g/mol. The van der Waals surface area contributed by atoms with E-state index in [9.17, 15) is 9.59 Å². The zero-order chi connectivity index (χ0) is 19.1. The van der Waals surface area contributed by atoms with Crippen LogP contribution in [0.4, 0.5) is 0 Å². The molecular formula is C20H22N2O5. The first-order valence-corrected chi connectivity index (χ1v) is 8.75. The van der Waals surface area contributed by atoms with Crippen LogP contribution in [0.15, 0.2) is 48.5 Å². The molecule has 1 aliphatic heterocycles. The van der Waals surface area contributed by atoms with Crippen molar-refractivity contribution in [2.75, 3.05) is 20.3 Å². The lowest BCUT2D eigenvalue weighted by molar-refractivity contribution is 0.0679. The number of carbonyl (C=O) groups is 2. The molecule has 0 aliphatic carbocycles. The quantitative estimate of drug-likeness (QED) is 0.763. The van der Waals surface area contributed by atoms with Gasteiger partial charge in [-0.1, -0.05) is 12.1 Å². The summed E-state index contributed by atoms with van der Waals surface area (Å²) < 4.78 is 16.3. The highest BCUT2D eigenvalue weighted by molar-refractivity contribution is 6.00. The molecule has 27 heavy (non-hydrogen) atoms. The smallest absolute Gasteiger partial charge is 0.273 e. The third kappa shape index (κ3) is 4.98. The minimum atomic E-state index is -0.461. The summed E-state index contributed by atoms with van der Waals surface area (Å²) in [5.41, 5.74) is 5.51. The molecule has 7 heteroatoms. The Bertz CT molecular complexity index is 785. The van der Waals surface area contributed by atoms with Crippen LogP contribution < -0.4 is 20.3 Å². The number of carbonyl (C=O) groups excluding carboxylic acids is 2. The number of hydrazine groups is 1. The fraction of sp³-hybridized carbons (Fsp3) is 0.300. The Hall–Kier alpha value is -3.06. The van der Waals surface area contributed by atoms with E-state index < -0.39 is 11.8 Å². The number of benzene rings is 2. The number of hydrogen-bond donors (Lipinski definition) is 2. The topological polar surface area (TPSA) is 85.9 Å². The molecule has 2 N–H and O–H groups in total. The second-order valence-corrected chi connectivity index (χ2v) is 6.08. The van der Waals surface area contributed by atoms with Crippen LogP contribution in [0.3, 0.4) is 0 Å². The molecule has 142 valence electrons. The zero-order valence-corrected chi connectivity index (χ0v) is 15.1. The molecule has 0 radical (unpaired) electrons. The van der Waals surface area contributed by atoms with Crippen LogP contribution in [0, 0.1) is 0 Å². The van der Waals surface area contributed by atoms with Gasteiger partial charge < -0.3 is 14.2 Å². The normalized spacial score (nSPS) is 15.8. The van der Waals surface area contributed by atoms with Gasteiger partial charge in [0.1, 0.15) is 18.1 Å². The highest BCUT2D eigenvalue weighted by Gasteiger charge is 2.16. The van der Waals surface area contributed by atoms with Crippen LogP contribution in [0.5, 0.6) is 11.5 Å². The van der Waals surface area contributed by atoms with Crippen molar-refractivity contribution in [3.05, 3.63) is 59.7 Å². The Morgan fingerprint density at radius 3 is 2.52 bits per heavy atom. The molecule has 0 aromatic heterocycles. The lowest BCUT2D eigenvalue weighted by atomic mass is 10.2. The third-order valence-corrected chi connectivity index (χ3v) is 4.22. The van der Waals surface area contributed by atoms with Crippen molar-refractivity contribution in [1.82, 2.24) is 10.9 Å². The van der Waals surface area contributed by atoms with E-state index in [2.05, 4.69) is 10.9 Å². The van der Waals surface area contributed by atoms with Crippen LogP contribution in [-0.4, -0.2) is 38.2 Å². The molecule has 3 rings (SSSR count). The molecule has 7 nitrogen and oxygen atoms in total. The largest absolute Gasteiger partial charge is 0.496 e. The van der Waals surface area contributed by atoms with Gasteiger partial charge in [-0.25, -0.2) is 0 Å². The van der Waals surface area contributed by atoms with Crippen molar-refractivity contribution >= 4 is 11.8 Å². The van der Waals surface area contributed by atoms with E-state index in [1.807, 2.05) is 0 Å². The summed E-state index contributed by atoms with van der Waals surface area (Å²) in [6.45, 7) is 1.29. The van der Waals surface area contributed by atoms with Crippen molar-refractivity contribution in [2.24, 2.45) is 0 Å². The average Bonchev–Trinajstić information content (AvgIpc) is 3.24. The zero-order valence-electron chi connectivity index (χ0n) is 15.1. The monoisotopic (exact) mass is 370 g/mol. The van der Waals surface area contributed by atoms with Crippen molar-refractivity contribution in [3.63, 3.8) is 0 Å². The van der Waals surface area contributed by atoms with Crippen molar-refractivity contribution in [2.45, 2.75) is 18.9 Å². The summed E-state index contributed by atoms with van der Waals surface area (Å²) in [4.78, 5) is 24.4. The molecule has 1 atom stereocenters. The van der Waals surface area contributed by atoms with Gasteiger partial charge in [0.15, 0.2) is 0 Å². The molecule has 1 heterocycles. The fourth-order valence-electron chi connectivity index (χ4n) is 2.75. The summed E-state index contributed by atoms with van der Waals surface area (Å²) in [6.07, 6.45) is 2.21. The van der Waals surface area contributed by atoms with Gasteiger partial charge in [-0.15, -0.1) is 0 Å². The van der Waals surface area contributed by atoms with Gasteiger partial charge in [0.05, 0.1) is 18.8 Å². The first-order valence-electron chi connectivity index (χ1n) is 8.75. The summed E-state index contributed by atoms with van der Waals surface area (Å²) in [6, 6.07) is 13.5. The van der Waals surface area contributed by atoms with Gasteiger partial charge in [-0.05, 0) is 49.2 Å². The second kappa shape index (κ2) is 9.05. The molecule has 1 aliphatic rings. The Morgan fingerprint density at radius 1 is 1.07 bits per heavy atom. The van der Waals surface area contributed by atoms with E-state index in [0.29, 0.717) is 29.2 Å². The molecule has 2 amide bonds. The summed E-state index contributed by atoms with van der Waals surface area (Å²) in [5, 5.41) is 0. The number of rotatable bonds is 6. The minimum Gasteiger partial charge on any atom is -0.496 e. The lowest BCUT2D eigenvalue weighted by Crippen LogP contribution is -2.41. The Kier molecular flexibility index (Phi) is 6.27. The summed E-state index contributed by atoms with van der Waals surface area (Å²) >= 11 is 0. The van der Waals surface area contributed by atoms with Crippen LogP contribution in [0.25, 0.3) is 0 Å². The van der Waals surface area contributed by atoms with Gasteiger partial charge in [0, 0.05) is 12.2 Å². The van der Waals surface area contributed by atoms with Crippen LogP contribution in [0.1, 0.15) is 33.6 Å². The predicted octanol–water partition coefficient (Wildman–Crippen LogP) is 2.33. The van der Waals surface area contributed by atoms with Crippen LogP contribution in [-0.2, 0) is 4.74 Å². The van der Waals surface area contributed by atoms with Gasteiger partial charge in [0.2, 0.25) is 0 Å². The molecule has 0 spiro atoms. The molecule has 2 aromatic rings. The first-order chi connectivity index (χ1) is 13.2.